The number of aromatic nitrogens is 2. The van der Waals surface area contributed by atoms with Crippen molar-refractivity contribution in [3.8, 4) is 0 Å². The molecule has 29 heavy (non-hydrogen) atoms. The van der Waals surface area contributed by atoms with Gasteiger partial charge in [0.1, 0.15) is 22.0 Å². The number of rotatable bonds is 4. The van der Waals surface area contributed by atoms with E-state index in [0.29, 0.717) is 24.4 Å². The zero-order valence-corrected chi connectivity index (χ0v) is 15.6. The van der Waals surface area contributed by atoms with Crippen LogP contribution in [0.4, 0.5) is 32.2 Å². The molecule has 0 aromatic carbocycles. The molecule has 1 amide bonds. The van der Waals surface area contributed by atoms with Crippen LogP contribution in [0.3, 0.4) is 0 Å². The van der Waals surface area contributed by atoms with Crippen molar-refractivity contribution in [2.75, 3.05) is 5.32 Å². The van der Waals surface area contributed by atoms with E-state index in [2.05, 4.69) is 9.97 Å². The van der Waals surface area contributed by atoms with Gasteiger partial charge in [-0.1, -0.05) is 6.07 Å². The lowest BCUT2D eigenvalue weighted by Crippen LogP contribution is -2.44. The summed E-state index contributed by atoms with van der Waals surface area (Å²) in [5.41, 5.74) is -2.63. The lowest BCUT2D eigenvalue weighted by Gasteiger charge is -2.23. The van der Waals surface area contributed by atoms with E-state index in [4.69, 9.17) is 0 Å². The smallest absolute Gasteiger partial charge is 0.309 e. The van der Waals surface area contributed by atoms with Gasteiger partial charge in [-0.05, 0) is 38.1 Å². The van der Waals surface area contributed by atoms with Gasteiger partial charge in [0, 0.05) is 6.20 Å². The van der Waals surface area contributed by atoms with Gasteiger partial charge in [0.05, 0.1) is 4.90 Å². The van der Waals surface area contributed by atoms with Crippen LogP contribution >= 0.6 is 0 Å². The van der Waals surface area contributed by atoms with E-state index in [1.165, 1.54) is 0 Å². The second kappa shape index (κ2) is 7.28. The molecule has 1 N–H and O–H groups in total. The Labute approximate surface area is 160 Å². The molecule has 0 fully saturated rings. The molecule has 158 valence electrons. The molecule has 0 aliphatic heterocycles. The van der Waals surface area contributed by atoms with E-state index in [-0.39, 0.29) is 0 Å². The summed E-state index contributed by atoms with van der Waals surface area (Å²) in [7, 11) is -4.55. The highest BCUT2D eigenvalue weighted by Crippen LogP contribution is 2.31. The van der Waals surface area contributed by atoms with Crippen LogP contribution < -0.4 is 5.32 Å². The molecular weight excluding hydrogens is 428 g/mol. The lowest BCUT2D eigenvalue weighted by atomic mass is 10.2. The van der Waals surface area contributed by atoms with Gasteiger partial charge in [-0.25, -0.2) is 13.4 Å². The van der Waals surface area contributed by atoms with Gasteiger partial charge < -0.3 is 5.32 Å². The molecule has 0 radical (unpaired) electrons. The monoisotopic (exact) mass is 441 g/mol. The zero-order valence-electron chi connectivity index (χ0n) is 14.8. The highest BCUT2D eigenvalue weighted by atomic mass is 32.2. The van der Waals surface area contributed by atoms with Crippen LogP contribution in [0.2, 0.25) is 0 Å². The maximum Gasteiger partial charge on any atom is 0.433 e. The van der Waals surface area contributed by atoms with Gasteiger partial charge in [-0.2, -0.15) is 26.3 Å². The molecule has 0 saturated heterocycles. The number of carbonyl (C=O) groups excluding carboxylic acids is 1. The van der Waals surface area contributed by atoms with Crippen LogP contribution in [-0.2, 0) is 27.0 Å². The van der Waals surface area contributed by atoms with E-state index in [0.717, 1.165) is 26.0 Å². The molecule has 2 aromatic rings. The Morgan fingerprint density at radius 2 is 1.52 bits per heavy atom. The number of alkyl halides is 6. The number of amides is 1. The Morgan fingerprint density at radius 3 is 2.00 bits per heavy atom. The number of hydrogen-bond donors (Lipinski definition) is 1. The second-order valence-corrected chi connectivity index (χ2v) is 8.75. The number of sulfone groups is 1. The molecule has 0 spiro atoms. The normalized spacial score (nSPS) is 13.2. The average molecular weight is 441 g/mol. The highest BCUT2D eigenvalue weighted by Gasteiger charge is 2.44. The first-order chi connectivity index (χ1) is 13.1. The van der Waals surface area contributed by atoms with E-state index in [9.17, 15) is 39.6 Å². The average Bonchev–Trinajstić information content (AvgIpc) is 2.60. The molecule has 6 nitrogen and oxygen atoms in total. The van der Waals surface area contributed by atoms with Crippen LogP contribution in [-0.4, -0.2) is 29.0 Å². The maximum absolute atomic E-state index is 12.7. The van der Waals surface area contributed by atoms with Crippen molar-refractivity contribution in [1.29, 1.82) is 0 Å². The van der Waals surface area contributed by atoms with Crippen molar-refractivity contribution in [3.63, 3.8) is 0 Å². The van der Waals surface area contributed by atoms with Gasteiger partial charge in [0.2, 0.25) is 5.91 Å². The summed E-state index contributed by atoms with van der Waals surface area (Å²) in [5.74, 6) is -1.78. The van der Waals surface area contributed by atoms with Crippen molar-refractivity contribution < 1.29 is 39.6 Å². The fourth-order valence-corrected chi connectivity index (χ4v) is 3.38. The van der Waals surface area contributed by atoms with Crippen LogP contribution in [0.25, 0.3) is 0 Å². The summed E-state index contributed by atoms with van der Waals surface area (Å²) < 4.78 is 99.0. The molecule has 2 rings (SSSR count). The number of halogens is 6. The topological polar surface area (TPSA) is 89.0 Å². The van der Waals surface area contributed by atoms with Gasteiger partial charge in [0.25, 0.3) is 0 Å². The minimum atomic E-state index is -4.79. The van der Waals surface area contributed by atoms with E-state index in [1.807, 2.05) is 5.32 Å². The fraction of sp³-hybridized carbons (Fsp3) is 0.312. The maximum atomic E-state index is 12.7. The molecule has 0 atom stereocenters. The van der Waals surface area contributed by atoms with Gasteiger partial charge in [-0.3, -0.25) is 9.78 Å². The third-order valence-electron chi connectivity index (χ3n) is 3.84. The standard InChI is InChI=1S/C16H13F6N3O3S/c1-14(2,13(26)25-12-5-3-4-11(24-12)16(20,21)22)29(27,28)9-6-7-10(23-8-9)15(17,18)19/h3-8H,1-2H3,(H,24,25,26). The van der Waals surface area contributed by atoms with Gasteiger partial charge >= 0.3 is 12.4 Å². The molecule has 0 unspecified atom stereocenters. The van der Waals surface area contributed by atoms with E-state index < -0.39 is 54.9 Å². The minimum absolute atomic E-state index is 0.440. The van der Waals surface area contributed by atoms with Crippen molar-refractivity contribution in [2.24, 2.45) is 0 Å². The van der Waals surface area contributed by atoms with Crippen molar-refractivity contribution >= 4 is 21.6 Å². The molecular formula is C16H13F6N3O3S. The summed E-state index contributed by atoms with van der Waals surface area (Å²) >= 11 is 0. The molecule has 2 heterocycles. The number of carbonyl (C=O) groups is 1. The summed E-state index contributed by atoms with van der Waals surface area (Å²) in [6, 6.07) is 3.73. The summed E-state index contributed by atoms with van der Waals surface area (Å²) in [6.07, 6.45) is -9.12. The van der Waals surface area contributed by atoms with Crippen LogP contribution in [0, 0.1) is 0 Å². The Kier molecular flexibility index (Phi) is 5.67. The summed E-state index contributed by atoms with van der Waals surface area (Å²) in [6.45, 7) is 1.89. The molecule has 2 aromatic heterocycles. The Balaban J connectivity index is 2.32. The van der Waals surface area contributed by atoms with Crippen LogP contribution in [0.5, 0.6) is 0 Å². The van der Waals surface area contributed by atoms with Crippen molar-refractivity contribution in [1.82, 2.24) is 9.97 Å². The first kappa shape index (κ1) is 22.6. The Bertz CT molecular complexity index is 1020. The quantitative estimate of drug-likeness (QED) is 0.731. The fourth-order valence-electron chi connectivity index (χ4n) is 2.05. The van der Waals surface area contributed by atoms with Crippen molar-refractivity contribution in [3.05, 3.63) is 47.9 Å². The number of hydrogen-bond acceptors (Lipinski definition) is 5. The number of nitrogens with one attached hydrogen (secondary N) is 1. The largest absolute Gasteiger partial charge is 0.433 e. The third-order valence-corrected chi connectivity index (χ3v) is 6.23. The highest BCUT2D eigenvalue weighted by molar-refractivity contribution is 7.93. The van der Waals surface area contributed by atoms with E-state index >= 15 is 0 Å². The molecule has 13 heteroatoms. The molecule has 0 bridgehead atoms. The van der Waals surface area contributed by atoms with Crippen LogP contribution in [0.15, 0.2) is 41.4 Å². The first-order valence-corrected chi connectivity index (χ1v) is 9.19. The Morgan fingerprint density at radius 1 is 0.931 bits per heavy atom. The number of nitrogens with zero attached hydrogens (tertiary/aromatic N) is 2. The Hall–Kier alpha value is -2.70. The predicted molar refractivity (Wildman–Crippen MR) is 88.4 cm³/mol. The SMILES string of the molecule is CC(C)(C(=O)Nc1cccc(C(F)(F)F)n1)S(=O)(=O)c1ccc(C(F)(F)F)nc1. The lowest BCUT2D eigenvalue weighted by molar-refractivity contribution is -0.141. The van der Waals surface area contributed by atoms with Gasteiger partial charge in [0.15, 0.2) is 9.84 Å². The predicted octanol–water partition coefficient (Wildman–Crippen LogP) is 3.71. The molecule has 0 saturated carbocycles. The van der Waals surface area contributed by atoms with Crippen molar-refractivity contribution in [2.45, 2.75) is 35.8 Å². The number of anilines is 1. The third kappa shape index (κ3) is 4.66. The minimum Gasteiger partial charge on any atom is -0.309 e. The molecule has 0 aliphatic carbocycles. The van der Waals surface area contributed by atoms with E-state index in [1.54, 1.807) is 0 Å². The first-order valence-electron chi connectivity index (χ1n) is 7.70. The summed E-state index contributed by atoms with van der Waals surface area (Å²) in [4.78, 5) is 18.0. The second-order valence-electron chi connectivity index (χ2n) is 6.25. The zero-order chi connectivity index (χ0) is 22.3. The molecule has 0 aliphatic rings. The van der Waals surface area contributed by atoms with Gasteiger partial charge in [-0.15, -0.1) is 0 Å². The summed E-state index contributed by atoms with van der Waals surface area (Å²) in [5, 5.41) is 1.98. The number of pyridine rings is 2. The van der Waals surface area contributed by atoms with Crippen LogP contribution in [0.1, 0.15) is 25.2 Å².